The number of sulfonamides is 1. The third kappa shape index (κ3) is 5.39. The zero-order valence-electron chi connectivity index (χ0n) is 12.4. The molecule has 0 fully saturated rings. The van der Waals surface area contributed by atoms with E-state index in [0.717, 1.165) is 6.54 Å². The van der Waals surface area contributed by atoms with Gasteiger partial charge in [-0.05, 0) is 32.8 Å². The maximum atomic E-state index is 12.3. The van der Waals surface area contributed by atoms with Crippen molar-refractivity contribution >= 4 is 33.2 Å². The van der Waals surface area contributed by atoms with Gasteiger partial charge in [0.2, 0.25) is 10.0 Å². The van der Waals surface area contributed by atoms with Gasteiger partial charge in [0.1, 0.15) is 4.90 Å². The minimum atomic E-state index is -3.65. The molecule has 1 rings (SSSR count). The van der Waals surface area contributed by atoms with Crippen molar-refractivity contribution in [3.63, 3.8) is 0 Å². The molecule has 120 valence electrons. The van der Waals surface area contributed by atoms with Crippen LogP contribution in [-0.2, 0) is 16.6 Å². The monoisotopic (exact) mass is 353 g/mol. The Morgan fingerprint density at radius 2 is 1.90 bits per heavy atom. The summed E-state index contributed by atoms with van der Waals surface area (Å²) >= 11 is 12.3. The Kier molecular flexibility index (Phi) is 7.39. The van der Waals surface area contributed by atoms with Crippen molar-refractivity contribution in [3.05, 3.63) is 27.7 Å². The molecule has 0 saturated carbocycles. The van der Waals surface area contributed by atoms with Crippen LogP contribution < -0.4 is 10.0 Å². The molecule has 0 amide bonds. The van der Waals surface area contributed by atoms with Gasteiger partial charge < -0.3 is 10.2 Å². The molecular formula is C13H21Cl2N3O2S. The van der Waals surface area contributed by atoms with Gasteiger partial charge in [-0.25, -0.2) is 13.1 Å². The summed E-state index contributed by atoms with van der Waals surface area (Å²) in [7, 11) is 0.100. The lowest BCUT2D eigenvalue weighted by atomic mass is 10.2. The molecule has 1 aromatic carbocycles. The van der Waals surface area contributed by atoms with Crippen LogP contribution in [0.15, 0.2) is 17.0 Å². The molecule has 8 heteroatoms. The van der Waals surface area contributed by atoms with E-state index >= 15 is 0 Å². The van der Waals surface area contributed by atoms with Crippen LogP contribution in [0.25, 0.3) is 0 Å². The lowest BCUT2D eigenvalue weighted by Crippen LogP contribution is -2.31. The van der Waals surface area contributed by atoms with Crippen LogP contribution in [0.3, 0.4) is 0 Å². The van der Waals surface area contributed by atoms with Crippen LogP contribution in [0.4, 0.5) is 0 Å². The zero-order chi connectivity index (χ0) is 16.0. The Bertz CT molecular complexity index is 577. The highest BCUT2D eigenvalue weighted by atomic mass is 35.5. The van der Waals surface area contributed by atoms with Crippen LogP contribution in [0.1, 0.15) is 12.5 Å². The molecule has 0 spiro atoms. The second-order valence-corrected chi connectivity index (χ2v) is 7.34. The molecule has 2 N–H and O–H groups in total. The van der Waals surface area contributed by atoms with E-state index < -0.39 is 10.0 Å². The minimum absolute atomic E-state index is 0.0558. The fraction of sp³-hybridized carbons (Fsp3) is 0.538. The highest BCUT2D eigenvalue weighted by Gasteiger charge is 2.21. The molecule has 0 atom stereocenters. The van der Waals surface area contributed by atoms with Crippen LogP contribution in [-0.4, -0.2) is 47.0 Å². The van der Waals surface area contributed by atoms with Crippen molar-refractivity contribution in [2.45, 2.75) is 18.4 Å². The van der Waals surface area contributed by atoms with Crippen LogP contribution in [0.5, 0.6) is 0 Å². The summed E-state index contributed by atoms with van der Waals surface area (Å²) in [5.74, 6) is 0. The quantitative estimate of drug-likeness (QED) is 0.749. The first-order chi connectivity index (χ1) is 9.79. The van der Waals surface area contributed by atoms with E-state index in [4.69, 9.17) is 23.2 Å². The molecule has 1 aromatic rings. The number of rotatable bonds is 8. The van der Waals surface area contributed by atoms with Crippen molar-refractivity contribution in [1.29, 1.82) is 0 Å². The Labute approximate surface area is 136 Å². The van der Waals surface area contributed by atoms with Gasteiger partial charge in [0.05, 0.1) is 5.02 Å². The fourth-order valence-electron chi connectivity index (χ4n) is 1.68. The van der Waals surface area contributed by atoms with Gasteiger partial charge in [-0.2, -0.15) is 0 Å². The van der Waals surface area contributed by atoms with Gasteiger partial charge in [0.25, 0.3) is 0 Å². The Morgan fingerprint density at radius 3 is 2.48 bits per heavy atom. The number of hydrogen-bond donors (Lipinski definition) is 2. The third-order valence-corrected chi connectivity index (χ3v) is 5.24. The predicted molar refractivity (Wildman–Crippen MR) is 87.6 cm³/mol. The summed E-state index contributed by atoms with van der Waals surface area (Å²) in [4.78, 5) is 1.95. The summed E-state index contributed by atoms with van der Waals surface area (Å²) < 4.78 is 27.1. The Hall–Kier alpha value is -0.370. The normalized spacial score (nSPS) is 12.1. The number of nitrogens with zero attached hydrogens (tertiary/aromatic N) is 1. The summed E-state index contributed by atoms with van der Waals surface area (Å²) in [6.45, 7) is 4.04. The molecule has 0 aliphatic rings. The highest BCUT2D eigenvalue weighted by molar-refractivity contribution is 7.89. The predicted octanol–water partition coefficient (Wildman–Crippen LogP) is 1.94. The van der Waals surface area contributed by atoms with E-state index in [1.165, 1.54) is 6.07 Å². The lowest BCUT2D eigenvalue weighted by Gasteiger charge is -2.14. The number of halogens is 2. The molecule has 0 heterocycles. The smallest absolute Gasteiger partial charge is 0.242 e. The van der Waals surface area contributed by atoms with Crippen molar-refractivity contribution in [2.24, 2.45) is 0 Å². The molecule has 0 unspecified atom stereocenters. The molecule has 0 aliphatic heterocycles. The third-order valence-electron chi connectivity index (χ3n) is 2.84. The number of likely N-dealkylation sites (N-methyl/N-ethyl adjacent to an activating group) is 1. The fourth-order valence-corrected chi connectivity index (χ4v) is 3.61. The summed E-state index contributed by atoms with van der Waals surface area (Å²) in [6, 6.07) is 2.98. The SMILES string of the molecule is CCNCc1c(Cl)ccc(S(=O)(=O)NCCN(C)C)c1Cl. The van der Waals surface area contributed by atoms with E-state index in [9.17, 15) is 8.42 Å². The van der Waals surface area contributed by atoms with Crippen LogP contribution in [0.2, 0.25) is 10.0 Å². The molecule has 0 aromatic heterocycles. The van der Waals surface area contributed by atoms with Gasteiger partial charge in [0.15, 0.2) is 0 Å². The van der Waals surface area contributed by atoms with Gasteiger partial charge in [0, 0.05) is 30.2 Å². The molecule has 0 saturated heterocycles. The van der Waals surface area contributed by atoms with E-state index in [2.05, 4.69) is 10.0 Å². The summed E-state index contributed by atoms with van der Waals surface area (Å²) in [5, 5.41) is 3.71. The maximum absolute atomic E-state index is 12.3. The van der Waals surface area contributed by atoms with Gasteiger partial charge in [-0.1, -0.05) is 30.1 Å². The van der Waals surface area contributed by atoms with E-state index in [1.807, 2.05) is 25.9 Å². The summed E-state index contributed by atoms with van der Waals surface area (Å²) in [6.07, 6.45) is 0. The van der Waals surface area contributed by atoms with E-state index in [-0.39, 0.29) is 9.92 Å². The van der Waals surface area contributed by atoms with Gasteiger partial charge in [-0.15, -0.1) is 0 Å². The zero-order valence-corrected chi connectivity index (χ0v) is 14.7. The second-order valence-electron chi connectivity index (χ2n) is 4.82. The van der Waals surface area contributed by atoms with E-state index in [1.54, 1.807) is 6.07 Å². The van der Waals surface area contributed by atoms with Crippen LogP contribution in [0, 0.1) is 0 Å². The van der Waals surface area contributed by atoms with Gasteiger partial charge in [-0.3, -0.25) is 0 Å². The molecular weight excluding hydrogens is 333 g/mol. The molecule has 0 bridgehead atoms. The van der Waals surface area contributed by atoms with Crippen molar-refractivity contribution in [1.82, 2.24) is 14.9 Å². The molecule has 0 aliphatic carbocycles. The molecule has 21 heavy (non-hydrogen) atoms. The Balaban J connectivity index is 3.01. The average molecular weight is 354 g/mol. The number of hydrogen-bond acceptors (Lipinski definition) is 4. The number of benzene rings is 1. The minimum Gasteiger partial charge on any atom is -0.313 e. The number of nitrogens with one attached hydrogen (secondary N) is 2. The first-order valence-corrected chi connectivity index (χ1v) is 8.85. The average Bonchev–Trinajstić information content (AvgIpc) is 2.37. The second kappa shape index (κ2) is 8.31. The Morgan fingerprint density at radius 1 is 1.24 bits per heavy atom. The first-order valence-electron chi connectivity index (χ1n) is 6.61. The lowest BCUT2D eigenvalue weighted by molar-refractivity contribution is 0.412. The topological polar surface area (TPSA) is 61.4 Å². The van der Waals surface area contributed by atoms with Crippen LogP contribution >= 0.6 is 23.2 Å². The van der Waals surface area contributed by atoms with Crippen molar-refractivity contribution < 1.29 is 8.42 Å². The van der Waals surface area contributed by atoms with Gasteiger partial charge >= 0.3 is 0 Å². The first kappa shape index (κ1) is 18.7. The van der Waals surface area contributed by atoms with Crippen molar-refractivity contribution in [3.8, 4) is 0 Å². The summed E-state index contributed by atoms with van der Waals surface area (Å²) in [5.41, 5.74) is 0.593. The standard InChI is InChI=1S/C13H21Cl2N3O2S/c1-4-16-9-10-11(14)5-6-12(13(10)15)21(19,20)17-7-8-18(2)3/h5-6,16-17H,4,7-9H2,1-3H3. The van der Waals surface area contributed by atoms with Crippen molar-refractivity contribution in [2.75, 3.05) is 33.7 Å². The maximum Gasteiger partial charge on any atom is 0.242 e. The van der Waals surface area contributed by atoms with E-state index in [0.29, 0.717) is 30.2 Å². The molecule has 5 nitrogen and oxygen atoms in total. The largest absolute Gasteiger partial charge is 0.313 e. The highest BCUT2D eigenvalue weighted by Crippen LogP contribution is 2.30. The molecule has 0 radical (unpaired) electrons.